The molecular formula is C16H13FN4O2. The number of nitrogens with one attached hydrogen (secondary N) is 1. The zero-order valence-corrected chi connectivity index (χ0v) is 12.3. The highest BCUT2D eigenvalue weighted by molar-refractivity contribution is 5.90. The van der Waals surface area contributed by atoms with E-state index in [0.29, 0.717) is 22.3 Å². The van der Waals surface area contributed by atoms with Crippen LogP contribution in [0.1, 0.15) is 5.56 Å². The van der Waals surface area contributed by atoms with E-state index in [1.807, 2.05) is 0 Å². The van der Waals surface area contributed by atoms with Crippen LogP contribution in [0.3, 0.4) is 0 Å². The summed E-state index contributed by atoms with van der Waals surface area (Å²) in [6, 6.07) is 7.63. The Bertz CT molecular complexity index is 952. The summed E-state index contributed by atoms with van der Waals surface area (Å²) in [7, 11) is 0. The van der Waals surface area contributed by atoms with Crippen molar-refractivity contribution in [1.82, 2.24) is 14.5 Å². The van der Waals surface area contributed by atoms with Gasteiger partial charge >= 0.3 is 0 Å². The number of carbonyl (C=O) groups excluding carboxylic acids is 1. The van der Waals surface area contributed by atoms with Gasteiger partial charge in [-0.05, 0) is 36.8 Å². The standard InChI is InChI=1S/C16H13FN4O2/c1-10-4-5-11(7-13(10)17)20-14(22)8-21-9-19-15-12(16(21)23)3-2-6-18-15/h2-7,9H,8H2,1H3,(H,20,22). The molecule has 1 amide bonds. The smallest absolute Gasteiger partial charge is 0.263 e. The van der Waals surface area contributed by atoms with Gasteiger partial charge in [-0.1, -0.05) is 6.07 Å². The fourth-order valence-corrected chi connectivity index (χ4v) is 2.14. The monoisotopic (exact) mass is 312 g/mol. The van der Waals surface area contributed by atoms with Crippen molar-refractivity contribution in [1.29, 1.82) is 0 Å². The quantitative estimate of drug-likeness (QED) is 0.801. The molecule has 0 saturated heterocycles. The molecule has 0 aliphatic carbocycles. The Hall–Kier alpha value is -3.09. The Labute approximate surface area is 130 Å². The van der Waals surface area contributed by atoms with Crippen molar-refractivity contribution in [2.45, 2.75) is 13.5 Å². The molecular weight excluding hydrogens is 299 g/mol. The number of rotatable bonds is 3. The third-order valence-corrected chi connectivity index (χ3v) is 3.37. The number of carbonyl (C=O) groups is 1. The topological polar surface area (TPSA) is 76.9 Å². The molecule has 1 N–H and O–H groups in total. The number of anilines is 1. The molecule has 6 nitrogen and oxygen atoms in total. The van der Waals surface area contributed by atoms with E-state index in [9.17, 15) is 14.0 Å². The van der Waals surface area contributed by atoms with E-state index in [4.69, 9.17) is 0 Å². The molecule has 0 aliphatic rings. The summed E-state index contributed by atoms with van der Waals surface area (Å²) < 4.78 is 14.7. The lowest BCUT2D eigenvalue weighted by Gasteiger charge is -2.08. The minimum absolute atomic E-state index is 0.216. The molecule has 0 saturated carbocycles. The normalized spacial score (nSPS) is 10.7. The second kappa shape index (κ2) is 5.96. The second-order valence-electron chi connectivity index (χ2n) is 5.06. The van der Waals surface area contributed by atoms with Gasteiger partial charge in [0.05, 0.1) is 5.39 Å². The van der Waals surface area contributed by atoms with Crippen LogP contribution in [0.25, 0.3) is 11.0 Å². The molecule has 3 rings (SSSR count). The Morgan fingerprint density at radius 3 is 2.91 bits per heavy atom. The van der Waals surface area contributed by atoms with Gasteiger partial charge in [-0.2, -0.15) is 0 Å². The molecule has 116 valence electrons. The average molecular weight is 312 g/mol. The van der Waals surface area contributed by atoms with Crippen LogP contribution in [-0.2, 0) is 11.3 Å². The first-order chi connectivity index (χ1) is 11.0. The molecule has 0 unspecified atom stereocenters. The minimum atomic E-state index is -0.444. The van der Waals surface area contributed by atoms with Crippen molar-refractivity contribution in [2.24, 2.45) is 0 Å². The summed E-state index contributed by atoms with van der Waals surface area (Å²) in [6.45, 7) is 1.42. The molecule has 0 radical (unpaired) electrons. The Morgan fingerprint density at radius 1 is 1.30 bits per heavy atom. The molecule has 0 aliphatic heterocycles. The van der Waals surface area contributed by atoms with Gasteiger partial charge in [-0.15, -0.1) is 0 Å². The third-order valence-electron chi connectivity index (χ3n) is 3.37. The predicted octanol–water partition coefficient (Wildman–Crippen LogP) is 1.88. The number of amides is 1. The summed E-state index contributed by atoms with van der Waals surface area (Å²) in [4.78, 5) is 32.3. The van der Waals surface area contributed by atoms with E-state index >= 15 is 0 Å². The number of pyridine rings is 1. The van der Waals surface area contributed by atoms with Crippen LogP contribution in [0.15, 0.2) is 47.7 Å². The van der Waals surface area contributed by atoms with E-state index in [1.54, 1.807) is 31.2 Å². The molecule has 2 aromatic heterocycles. The molecule has 7 heteroatoms. The number of fused-ring (bicyclic) bond motifs is 1. The minimum Gasteiger partial charge on any atom is -0.324 e. The lowest BCUT2D eigenvalue weighted by Crippen LogP contribution is -2.28. The van der Waals surface area contributed by atoms with Crippen molar-refractivity contribution in [3.05, 3.63) is 64.6 Å². The van der Waals surface area contributed by atoms with Gasteiger partial charge in [0.1, 0.15) is 18.7 Å². The zero-order valence-electron chi connectivity index (χ0n) is 12.3. The SMILES string of the molecule is Cc1ccc(NC(=O)Cn2cnc3ncccc3c2=O)cc1F. The average Bonchev–Trinajstić information content (AvgIpc) is 2.54. The molecule has 3 aromatic rings. The number of aryl methyl sites for hydroxylation is 1. The van der Waals surface area contributed by atoms with E-state index < -0.39 is 11.7 Å². The van der Waals surface area contributed by atoms with Gasteiger partial charge in [-0.25, -0.2) is 14.4 Å². The highest BCUT2D eigenvalue weighted by Gasteiger charge is 2.09. The third kappa shape index (κ3) is 3.08. The van der Waals surface area contributed by atoms with Crippen molar-refractivity contribution < 1.29 is 9.18 Å². The summed E-state index contributed by atoms with van der Waals surface area (Å²) in [5, 5.41) is 2.89. The number of nitrogens with zero attached hydrogens (tertiary/aromatic N) is 3. The van der Waals surface area contributed by atoms with Crippen molar-refractivity contribution in [3.8, 4) is 0 Å². The Morgan fingerprint density at radius 2 is 2.13 bits per heavy atom. The van der Waals surface area contributed by atoms with Crippen molar-refractivity contribution in [3.63, 3.8) is 0 Å². The molecule has 0 atom stereocenters. The Kier molecular flexibility index (Phi) is 3.84. The number of halogens is 1. The molecule has 2 heterocycles. The van der Waals surface area contributed by atoms with E-state index in [-0.39, 0.29) is 12.1 Å². The second-order valence-corrected chi connectivity index (χ2v) is 5.06. The largest absolute Gasteiger partial charge is 0.324 e. The molecule has 1 aromatic carbocycles. The van der Waals surface area contributed by atoms with Crippen LogP contribution in [0.4, 0.5) is 10.1 Å². The van der Waals surface area contributed by atoms with Gasteiger partial charge in [0, 0.05) is 11.9 Å². The maximum absolute atomic E-state index is 13.5. The maximum atomic E-state index is 13.5. The zero-order chi connectivity index (χ0) is 16.4. The van der Waals surface area contributed by atoms with Gasteiger partial charge in [-0.3, -0.25) is 14.2 Å². The number of hydrogen-bond donors (Lipinski definition) is 1. The molecule has 0 fully saturated rings. The highest BCUT2D eigenvalue weighted by atomic mass is 19.1. The summed E-state index contributed by atoms with van der Waals surface area (Å²) in [5.74, 6) is -0.848. The van der Waals surface area contributed by atoms with Gasteiger partial charge in [0.25, 0.3) is 5.56 Å². The lowest BCUT2D eigenvalue weighted by molar-refractivity contribution is -0.116. The van der Waals surface area contributed by atoms with Crippen LogP contribution in [-0.4, -0.2) is 20.4 Å². The summed E-state index contributed by atoms with van der Waals surface area (Å²) in [6.07, 6.45) is 2.81. The maximum Gasteiger partial charge on any atom is 0.263 e. The first-order valence-electron chi connectivity index (χ1n) is 6.91. The summed E-state index contributed by atoms with van der Waals surface area (Å²) >= 11 is 0. The summed E-state index contributed by atoms with van der Waals surface area (Å²) in [5.41, 5.74) is 0.801. The van der Waals surface area contributed by atoms with Gasteiger partial charge in [0.15, 0.2) is 5.65 Å². The number of hydrogen-bond acceptors (Lipinski definition) is 4. The highest BCUT2D eigenvalue weighted by Crippen LogP contribution is 2.13. The van der Waals surface area contributed by atoms with E-state index in [0.717, 1.165) is 0 Å². The molecule has 23 heavy (non-hydrogen) atoms. The fraction of sp³-hybridized carbons (Fsp3) is 0.125. The van der Waals surface area contributed by atoms with Gasteiger partial charge < -0.3 is 5.32 Å². The first kappa shape index (κ1) is 14.8. The van der Waals surface area contributed by atoms with Crippen LogP contribution < -0.4 is 10.9 Å². The van der Waals surface area contributed by atoms with Crippen molar-refractivity contribution in [2.75, 3.05) is 5.32 Å². The Balaban J connectivity index is 1.81. The first-order valence-corrected chi connectivity index (χ1v) is 6.91. The fourth-order valence-electron chi connectivity index (χ4n) is 2.14. The van der Waals surface area contributed by atoms with E-state index in [2.05, 4.69) is 15.3 Å². The molecule has 0 spiro atoms. The number of benzene rings is 1. The predicted molar refractivity (Wildman–Crippen MR) is 83.6 cm³/mol. The van der Waals surface area contributed by atoms with Crippen LogP contribution in [0, 0.1) is 12.7 Å². The molecule has 0 bridgehead atoms. The lowest BCUT2D eigenvalue weighted by atomic mass is 10.2. The van der Waals surface area contributed by atoms with Crippen LogP contribution in [0.2, 0.25) is 0 Å². The number of aromatic nitrogens is 3. The van der Waals surface area contributed by atoms with Crippen LogP contribution >= 0.6 is 0 Å². The van der Waals surface area contributed by atoms with Crippen LogP contribution in [0.5, 0.6) is 0 Å². The van der Waals surface area contributed by atoms with Gasteiger partial charge in [0.2, 0.25) is 5.91 Å². The van der Waals surface area contributed by atoms with E-state index in [1.165, 1.54) is 23.2 Å². The van der Waals surface area contributed by atoms with Crippen molar-refractivity contribution >= 4 is 22.6 Å².